The number of nitrogens with zero attached hydrogens (tertiary/aromatic N) is 3. The Morgan fingerprint density at radius 2 is 1.71 bits per heavy atom. The Hall–Kier alpha value is -2.77. The summed E-state index contributed by atoms with van der Waals surface area (Å²) in [5.41, 5.74) is 0.934. The molecule has 2 aromatic carbocycles. The van der Waals surface area contributed by atoms with Gasteiger partial charge in [-0.2, -0.15) is 0 Å². The van der Waals surface area contributed by atoms with E-state index in [1.165, 1.54) is 21.7 Å². The largest absolute Gasteiger partial charge is 0.481 e. The van der Waals surface area contributed by atoms with Crippen LogP contribution in [0.1, 0.15) is 19.4 Å². The molecule has 0 bridgehead atoms. The lowest BCUT2D eigenvalue weighted by molar-refractivity contribution is -0.121. The van der Waals surface area contributed by atoms with Gasteiger partial charge in [-0.25, -0.2) is 9.07 Å². The Kier molecular flexibility index (Phi) is 5.81. The molecule has 1 aliphatic heterocycles. The Balaban J connectivity index is 1.85. The lowest BCUT2D eigenvalue weighted by Crippen LogP contribution is -2.38. The number of aromatic nitrogens is 2. The summed E-state index contributed by atoms with van der Waals surface area (Å²) >= 11 is 12.4. The SMILES string of the molecule is CCn1c(Cl)c(-c2cc3c(cc2F)OCC(=O)N3Cc2ccc(Cl)cc2)c(=O)n1CC. The molecule has 0 aliphatic carbocycles. The molecule has 6 nitrogen and oxygen atoms in total. The van der Waals surface area contributed by atoms with Crippen LogP contribution in [0.2, 0.25) is 10.2 Å². The number of rotatable bonds is 5. The maximum Gasteiger partial charge on any atom is 0.276 e. The van der Waals surface area contributed by atoms with E-state index in [9.17, 15) is 9.59 Å². The highest BCUT2D eigenvalue weighted by Gasteiger charge is 2.30. The third kappa shape index (κ3) is 3.72. The minimum atomic E-state index is -0.643. The van der Waals surface area contributed by atoms with Crippen molar-refractivity contribution >= 4 is 34.8 Å². The van der Waals surface area contributed by atoms with Crippen LogP contribution in [0, 0.1) is 5.82 Å². The Labute approximate surface area is 188 Å². The molecule has 2 heterocycles. The molecule has 0 saturated heterocycles. The number of anilines is 1. The lowest BCUT2D eigenvalue weighted by atomic mass is 10.0. The van der Waals surface area contributed by atoms with E-state index in [4.69, 9.17) is 27.9 Å². The summed E-state index contributed by atoms with van der Waals surface area (Å²) in [6, 6.07) is 9.75. The highest BCUT2D eigenvalue weighted by atomic mass is 35.5. The summed E-state index contributed by atoms with van der Waals surface area (Å²) in [6.45, 7) is 4.57. The predicted molar refractivity (Wildman–Crippen MR) is 119 cm³/mol. The number of carbonyl (C=O) groups excluding carboxylic acids is 1. The van der Waals surface area contributed by atoms with E-state index in [0.29, 0.717) is 23.8 Å². The van der Waals surface area contributed by atoms with Gasteiger partial charge in [-0.15, -0.1) is 0 Å². The van der Waals surface area contributed by atoms with Crippen LogP contribution >= 0.6 is 23.2 Å². The monoisotopic (exact) mass is 463 g/mol. The molecule has 31 heavy (non-hydrogen) atoms. The zero-order chi connectivity index (χ0) is 22.3. The normalized spacial score (nSPS) is 13.3. The fourth-order valence-electron chi connectivity index (χ4n) is 3.77. The summed E-state index contributed by atoms with van der Waals surface area (Å²) in [7, 11) is 0. The maximum atomic E-state index is 15.1. The van der Waals surface area contributed by atoms with Gasteiger partial charge < -0.3 is 9.64 Å². The zero-order valence-corrected chi connectivity index (χ0v) is 18.5. The van der Waals surface area contributed by atoms with Gasteiger partial charge in [0.15, 0.2) is 6.61 Å². The molecule has 0 radical (unpaired) electrons. The van der Waals surface area contributed by atoms with Gasteiger partial charge in [-0.3, -0.25) is 14.3 Å². The molecular formula is C22H20Cl2FN3O3. The minimum absolute atomic E-state index is 0.0301. The molecule has 9 heteroatoms. The third-order valence-electron chi connectivity index (χ3n) is 5.29. The fourth-order valence-corrected chi connectivity index (χ4v) is 4.29. The fraction of sp³-hybridized carbons (Fsp3) is 0.273. The van der Waals surface area contributed by atoms with Crippen LogP contribution in [0.15, 0.2) is 41.2 Å². The number of amides is 1. The second kappa shape index (κ2) is 8.40. The number of fused-ring (bicyclic) bond motifs is 1. The van der Waals surface area contributed by atoms with Crippen LogP contribution in [0.25, 0.3) is 11.1 Å². The molecule has 3 aromatic rings. The first-order valence-corrected chi connectivity index (χ1v) is 10.6. The second-order valence-electron chi connectivity index (χ2n) is 7.10. The highest BCUT2D eigenvalue weighted by Crippen LogP contribution is 2.39. The Bertz CT molecular complexity index is 1220. The quantitative estimate of drug-likeness (QED) is 0.549. The minimum Gasteiger partial charge on any atom is -0.481 e. The second-order valence-corrected chi connectivity index (χ2v) is 7.89. The summed E-state index contributed by atoms with van der Waals surface area (Å²) in [5.74, 6) is -0.685. The van der Waals surface area contributed by atoms with E-state index >= 15 is 4.39 Å². The maximum absolute atomic E-state index is 15.1. The molecule has 0 fully saturated rings. The molecule has 0 unspecified atom stereocenters. The van der Waals surface area contributed by atoms with Crippen LogP contribution in [-0.4, -0.2) is 21.9 Å². The predicted octanol–water partition coefficient (Wildman–Crippen LogP) is 4.73. The lowest BCUT2D eigenvalue weighted by Gasteiger charge is -2.30. The van der Waals surface area contributed by atoms with E-state index in [1.807, 2.05) is 26.0 Å². The van der Waals surface area contributed by atoms with Crippen LogP contribution in [0.3, 0.4) is 0 Å². The summed E-state index contributed by atoms with van der Waals surface area (Å²) < 4.78 is 23.6. The first-order valence-electron chi connectivity index (χ1n) is 9.86. The van der Waals surface area contributed by atoms with Crippen molar-refractivity contribution in [3.8, 4) is 16.9 Å². The van der Waals surface area contributed by atoms with E-state index < -0.39 is 5.82 Å². The molecule has 0 saturated carbocycles. The summed E-state index contributed by atoms with van der Waals surface area (Å²) in [5, 5.41) is 0.740. The van der Waals surface area contributed by atoms with Gasteiger partial charge in [0.2, 0.25) is 0 Å². The van der Waals surface area contributed by atoms with Crippen molar-refractivity contribution in [3.63, 3.8) is 0 Å². The van der Waals surface area contributed by atoms with Crippen molar-refractivity contribution < 1.29 is 13.9 Å². The number of carbonyl (C=O) groups is 1. The Morgan fingerprint density at radius 1 is 1.03 bits per heavy atom. The number of halogens is 3. The van der Waals surface area contributed by atoms with Crippen molar-refractivity contribution in [2.75, 3.05) is 11.5 Å². The van der Waals surface area contributed by atoms with E-state index in [2.05, 4.69) is 0 Å². The molecule has 1 aliphatic rings. The van der Waals surface area contributed by atoms with Crippen molar-refractivity contribution in [1.29, 1.82) is 0 Å². The molecule has 1 aromatic heterocycles. The molecule has 0 N–H and O–H groups in total. The average molecular weight is 464 g/mol. The average Bonchev–Trinajstić information content (AvgIpc) is 3.00. The van der Waals surface area contributed by atoms with Gasteiger partial charge in [-0.1, -0.05) is 35.3 Å². The number of ether oxygens (including phenoxy) is 1. The molecule has 0 atom stereocenters. The molecule has 0 spiro atoms. The highest BCUT2D eigenvalue weighted by molar-refractivity contribution is 6.32. The topological polar surface area (TPSA) is 56.5 Å². The van der Waals surface area contributed by atoms with Gasteiger partial charge in [0, 0.05) is 29.7 Å². The number of hydrogen-bond donors (Lipinski definition) is 0. The zero-order valence-electron chi connectivity index (χ0n) is 17.0. The van der Waals surface area contributed by atoms with Gasteiger partial charge in [0.1, 0.15) is 16.7 Å². The third-order valence-corrected chi connectivity index (χ3v) is 5.92. The molecule has 4 rings (SSSR count). The standard InChI is InChI=1S/C22H20Cl2FN3O3/c1-3-27-21(24)20(22(30)28(27)4-2)15-9-17-18(10-16(15)25)31-12-19(29)26(17)11-13-5-7-14(23)8-6-13/h5-10H,3-4,11-12H2,1-2H3. The summed E-state index contributed by atoms with van der Waals surface area (Å²) in [4.78, 5) is 27.1. The Morgan fingerprint density at radius 3 is 2.32 bits per heavy atom. The van der Waals surface area contributed by atoms with Gasteiger partial charge >= 0.3 is 0 Å². The molecular weight excluding hydrogens is 444 g/mol. The van der Waals surface area contributed by atoms with Crippen molar-refractivity contribution in [2.45, 2.75) is 33.5 Å². The van der Waals surface area contributed by atoms with Crippen molar-refractivity contribution in [3.05, 3.63) is 68.3 Å². The van der Waals surface area contributed by atoms with Crippen molar-refractivity contribution in [2.24, 2.45) is 0 Å². The molecule has 1 amide bonds. The molecule has 162 valence electrons. The van der Waals surface area contributed by atoms with Crippen molar-refractivity contribution in [1.82, 2.24) is 9.36 Å². The van der Waals surface area contributed by atoms with E-state index in [-0.39, 0.29) is 46.6 Å². The van der Waals surface area contributed by atoms with Crippen LogP contribution in [0.4, 0.5) is 10.1 Å². The van der Waals surface area contributed by atoms with E-state index in [1.54, 1.807) is 16.8 Å². The summed E-state index contributed by atoms with van der Waals surface area (Å²) in [6.07, 6.45) is 0. The number of benzene rings is 2. The van der Waals surface area contributed by atoms with Crippen LogP contribution in [-0.2, 0) is 24.4 Å². The van der Waals surface area contributed by atoms with Crippen LogP contribution < -0.4 is 15.2 Å². The van der Waals surface area contributed by atoms with E-state index in [0.717, 1.165) is 5.56 Å². The van der Waals surface area contributed by atoms with Gasteiger partial charge in [-0.05, 0) is 37.6 Å². The first-order chi connectivity index (χ1) is 14.8. The number of hydrogen-bond acceptors (Lipinski definition) is 3. The van der Waals surface area contributed by atoms with Gasteiger partial charge in [0.05, 0.1) is 17.8 Å². The van der Waals surface area contributed by atoms with Gasteiger partial charge in [0.25, 0.3) is 11.5 Å². The smallest absolute Gasteiger partial charge is 0.276 e. The first kappa shape index (κ1) is 21.5. The van der Waals surface area contributed by atoms with Crippen LogP contribution in [0.5, 0.6) is 5.75 Å².